The molecule has 0 aromatic carbocycles. The maximum absolute atomic E-state index is 12.2. The predicted octanol–water partition coefficient (Wildman–Crippen LogP) is 9.50. The molecule has 0 fully saturated rings. The Hall–Kier alpha value is -1.34. The summed E-state index contributed by atoms with van der Waals surface area (Å²) in [4.78, 5) is 38.1. The highest BCUT2D eigenvalue weighted by Crippen LogP contribution is 2.12. The van der Waals surface area contributed by atoms with Gasteiger partial charge in [-0.3, -0.25) is 9.69 Å². The van der Waals surface area contributed by atoms with Gasteiger partial charge in [0.25, 0.3) is 0 Å². The van der Waals surface area contributed by atoms with Crippen LogP contribution in [0, 0.1) is 4.91 Å². The zero-order valence-corrected chi connectivity index (χ0v) is 28.7. The van der Waals surface area contributed by atoms with E-state index < -0.39 is 0 Å². The monoisotopic (exact) mass is 610 g/mol. The zero-order valence-electron chi connectivity index (χ0n) is 28.7. The second kappa shape index (κ2) is 35.1. The van der Waals surface area contributed by atoms with Gasteiger partial charge >= 0.3 is 5.97 Å². The van der Waals surface area contributed by atoms with Gasteiger partial charge in [0.2, 0.25) is 0 Å². The fourth-order valence-corrected chi connectivity index (χ4v) is 5.67. The highest BCUT2D eigenvalue weighted by atomic mass is 16.5. The van der Waals surface area contributed by atoms with Crippen LogP contribution in [0.2, 0.25) is 0 Å². The van der Waals surface area contributed by atoms with Crippen LogP contribution in [-0.2, 0) is 14.3 Å². The molecule has 0 rings (SSSR count). The number of nitroso groups, excluding NO2 is 1. The predicted molar refractivity (Wildman–Crippen MR) is 183 cm³/mol. The van der Waals surface area contributed by atoms with Gasteiger partial charge in [-0.2, -0.15) is 4.91 Å². The maximum Gasteiger partial charge on any atom is 0.305 e. The smallest absolute Gasteiger partial charge is 0.305 e. The molecule has 0 atom stereocenters. The van der Waals surface area contributed by atoms with Gasteiger partial charge < -0.3 is 14.4 Å². The number of carbonyl (C=O) groups excluding carboxylic acids is 2. The number of ether oxygens (including phenoxy) is 1. The zero-order chi connectivity index (χ0) is 31.5. The largest absolute Gasteiger partial charge is 0.464 e. The van der Waals surface area contributed by atoms with Crippen LogP contribution in [0.4, 0.5) is 0 Å². The van der Waals surface area contributed by atoms with Crippen molar-refractivity contribution < 1.29 is 14.3 Å². The van der Waals surface area contributed by atoms with E-state index in [1.165, 1.54) is 122 Å². The van der Waals surface area contributed by atoms with Crippen molar-refractivity contribution >= 4 is 12.3 Å². The summed E-state index contributed by atoms with van der Waals surface area (Å²) < 4.78 is 5.58. The summed E-state index contributed by atoms with van der Waals surface area (Å²) in [5, 5.41) is 3.07. The van der Waals surface area contributed by atoms with Gasteiger partial charge in [0.05, 0.1) is 6.54 Å². The number of nitrogens with zero attached hydrogens (tertiary/aromatic N) is 3. The number of esters is 1. The van der Waals surface area contributed by atoms with Gasteiger partial charge in [0.15, 0.2) is 0 Å². The summed E-state index contributed by atoms with van der Waals surface area (Å²) in [6.07, 6.45) is 29.0. The molecule has 0 amide bonds. The summed E-state index contributed by atoms with van der Waals surface area (Å²) in [7, 11) is 0. The van der Waals surface area contributed by atoms with E-state index in [-0.39, 0.29) is 5.97 Å². The average Bonchev–Trinajstić information content (AvgIpc) is 3.01. The van der Waals surface area contributed by atoms with Crippen molar-refractivity contribution in [3.05, 3.63) is 4.91 Å². The van der Waals surface area contributed by atoms with Crippen LogP contribution in [0.3, 0.4) is 0 Å². The first kappa shape index (κ1) is 41.7. The first-order valence-corrected chi connectivity index (χ1v) is 18.5. The van der Waals surface area contributed by atoms with Crippen molar-refractivity contribution in [2.45, 2.75) is 168 Å². The van der Waals surface area contributed by atoms with Gasteiger partial charge in [-0.1, -0.05) is 122 Å². The molecule has 0 N–H and O–H groups in total. The molecular formula is C36H71N3O4. The molecule has 0 saturated heterocycles. The molecular weight excluding hydrogens is 538 g/mol. The summed E-state index contributed by atoms with van der Waals surface area (Å²) in [6, 6.07) is 0. The minimum atomic E-state index is -0.0311. The van der Waals surface area contributed by atoms with Crippen LogP contribution >= 0.6 is 0 Å². The van der Waals surface area contributed by atoms with Gasteiger partial charge in [-0.15, -0.1) is 0 Å². The molecule has 0 aromatic heterocycles. The quantitative estimate of drug-likeness (QED) is 0.0305. The Morgan fingerprint density at radius 2 is 0.977 bits per heavy atom. The first-order valence-electron chi connectivity index (χ1n) is 18.5. The Balaban J connectivity index is 3.82. The van der Waals surface area contributed by atoms with Crippen LogP contribution in [0.15, 0.2) is 5.18 Å². The van der Waals surface area contributed by atoms with Gasteiger partial charge in [0, 0.05) is 25.9 Å². The molecule has 43 heavy (non-hydrogen) atoms. The fraction of sp³-hybridized carbons (Fsp3) is 0.944. The molecule has 0 radical (unpaired) electrons. The van der Waals surface area contributed by atoms with E-state index >= 15 is 0 Å². The van der Waals surface area contributed by atoms with E-state index in [9.17, 15) is 14.5 Å². The van der Waals surface area contributed by atoms with Crippen molar-refractivity contribution in [1.29, 1.82) is 0 Å². The van der Waals surface area contributed by atoms with Crippen molar-refractivity contribution in [1.82, 2.24) is 9.80 Å². The third-order valence-electron chi connectivity index (χ3n) is 8.49. The van der Waals surface area contributed by atoms with E-state index in [2.05, 4.69) is 28.8 Å². The lowest BCUT2D eigenvalue weighted by molar-refractivity contribution is -0.144. The van der Waals surface area contributed by atoms with E-state index in [1.807, 2.05) is 0 Å². The normalized spacial score (nSPS) is 11.4. The SMILES string of the molecule is CCCCCCN(CCCCCC)CCOC(=O)CCCCCCCCCN(CCCCCCCCCC=O)CCN=O. The Morgan fingerprint density at radius 1 is 0.558 bits per heavy atom. The molecule has 7 heteroatoms. The maximum atomic E-state index is 12.2. The molecule has 0 aromatic rings. The lowest BCUT2D eigenvalue weighted by Gasteiger charge is -2.22. The molecule has 0 spiro atoms. The van der Waals surface area contributed by atoms with E-state index in [1.54, 1.807) is 0 Å². The highest BCUT2D eigenvalue weighted by molar-refractivity contribution is 5.69. The molecule has 0 unspecified atom stereocenters. The third-order valence-corrected chi connectivity index (χ3v) is 8.49. The van der Waals surface area contributed by atoms with Crippen molar-refractivity contribution in [2.75, 3.05) is 52.4 Å². The van der Waals surface area contributed by atoms with Gasteiger partial charge in [-0.05, 0) is 64.7 Å². The van der Waals surface area contributed by atoms with E-state index in [0.29, 0.717) is 26.0 Å². The number of hydrogen-bond donors (Lipinski definition) is 0. The van der Waals surface area contributed by atoms with Crippen LogP contribution in [0.25, 0.3) is 0 Å². The van der Waals surface area contributed by atoms with Crippen molar-refractivity contribution in [2.24, 2.45) is 5.18 Å². The Labute approximate surface area is 266 Å². The number of carbonyl (C=O) groups is 2. The lowest BCUT2D eigenvalue weighted by Crippen LogP contribution is -2.30. The summed E-state index contributed by atoms with van der Waals surface area (Å²) >= 11 is 0. The highest BCUT2D eigenvalue weighted by Gasteiger charge is 2.08. The third kappa shape index (κ3) is 31.9. The minimum absolute atomic E-state index is 0.0311. The molecule has 0 aliphatic carbocycles. The number of unbranched alkanes of at least 4 members (excludes halogenated alkanes) is 19. The Kier molecular flexibility index (Phi) is 34.0. The average molecular weight is 610 g/mol. The van der Waals surface area contributed by atoms with E-state index in [4.69, 9.17) is 4.74 Å². The molecule has 7 nitrogen and oxygen atoms in total. The first-order chi connectivity index (χ1) is 21.2. The van der Waals surface area contributed by atoms with Crippen LogP contribution in [0.5, 0.6) is 0 Å². The summed E-state index contributed by atoms with van der Waals surface area (Å²) in [5.41, 5.74) is 0. The Bertz CT molecular complexity index is 593. The van der Waals surface area contributed by atoms with Crippen molar-refractivity contribution in [3.8, 4) is 0 Å². The molecule has 0 heterocycles. The number of hydrogen-bond acceptors (Lipinski definition) is 7. The topological polar surface area (TPSA) is 79.3 Å². The van der Waals surface area contributed by atoms with Crippen LogP contribution in [0.1, 0.15) is 168 Å². The summed E-state index contributed by atoms with van der Waals surface area (Å²) in [6.45, 7) is 11.4. The Morgan fingerprint density at radius 3 is 1.44 bits per heavy atom. The molecule has 0 aliphatic rings. The number of rotatable bonds is 36. The molecule has 0 aliphatic heterocycles. The molecule has 0 bridgehead atoms. The fourth-order valence-electron chi connectivity index (χ4n) is 5.67. The second-order valence-corrected chi connectivity index (χ2v) is 12.5. The van der Waals surface area contributed by atoms with Crippen LogP contribution < -0.4 is 0 Å². The lowest BCUT2D eigenvalue weighted by atomic mass is 10.1. The van der Waals surface area contributed by atoms with Gasteiger partial charge in [0.1, 0.15) is 12.9 Å². The molecule has 0 saturated carbocycles. The summed E-state index contributed by atoms with van der Waals surface area (Å²) in [5.74, 6) is -0.0311. The van der Waals surface area contributed by atoms with E-state index in [0.717, 1.165) is 64.8 Å². The van der Waals surface area contributed by atoms with Crippen molar-refractivity contribution in [3.63, 3.8) is 0 Å². The second-order valence-electron chi connectivity index (χ2n) is 12.5. The minimum Gasteiger partial charge on any atom is -0.464 e. The molecule has 254 valence electrons. The van der Waals surface area contributed by atoms with Crippen LogP contribution in [-0.4, -0.2) is 74.5 Å². The van der Waals surface area contributed by atoms with Gasteiger partial charge in [-0.25, -0.2) is 0 Å². The number of aldehydes is 1. The standard InChI is InChI=1S/C36H71N3O4/c1-3-5-7-21-30-39(31-22-8-6-4-2)33-35-43-36(41)26-20-16-12-11-14-18-24-29-38(32-27-37-42)28-23-17-13-9-10-15-19-25-34-40/h34H,3-33,35H2,1-2H3.